The Morgan fingerprint density at radius 1 is 1.12 bits per heavy atom. The molecular weight excluding hydrogens is 439 g/mol. The third-order valence-corrected chi connectivity index (χ3v) is 6.53. The van der Waals surface area contributed by atoms with E-state index in [1.165, 1.54) is 12.1 Å². The van der Waals surface area contributed by atoms with Crippen LogP contribution in [0.15, 0.2) is 30.5 Å². The summed E-state index contributed by atoms with van der Waals surface area (Å²) >= 11 is 0. The molecule has 1 aromatic carbocycles. The summed E-state index contributed by atoms with van der Waals surface area (Å²) < 4.78 is 24.7. The van der Waals surface area contributed by atoms with Crippen molar-refractivity contribution in [1.82, 2.24) is 19.8 Å². The van der Waals surface area contributed by atoms with Crippen LogP contribution >= 0.6 is 0 Å². The fraction of sp³-hybridized carbons (Fsp3) is 0.520. The third-order valence-electron chi connectivity index (χ3n) is 6.53. The molecule has 2 amide bonds. The predicted octanol–water partition coefficient (Wildman–Crippen LogP) is 2.78. The molecular formula is C25H31FN4O4. The minimum atomic E-state index is -0.558. The maximum atomic E-state index is 13.4. The zero-order chi connectivity index (χ0) is 24.1. The van der Waals surface area contributed by atoms with E-state index in [0.717, 1.165) is 12.8 Å². The number of amides is 2. The molecule has 1 atom stereocenters. The smallest absolute Gasteiger partial charge is 0.257 e. The first-order chi connectivity index (χ1) is 16.3. The van der Waals surface area contributed by atoms with E-state index in [9.17, 15) is 14.0 Å². The molecule has 0 radical (unpaired) electrons. The molecule has 2 fully saturated rings. The number of rotatable bonds is 6. The SMILES string of the molecule is Cc1ncc(C(=O)N2CCCC(COc3ccc(F)cc3)(CC(=O)N3CCOCC3)C2)c(C)n1. The highest BCUT2D eigenvalue weighted by atomic mass is 19.1. The number of piperidine rings is 1. The van der Waals surface area contributed by atoms with Crippen LogP contribution < -0.4 is 4.74 Å². The largest absolute Gasteiger partial charge is 0.493 e. The van der Waals surface area contributed by atoms with Crippen LogP contribution in [0.4, 0.5) is 4.39 Å². The number of likely N-dealkylation sites (tertiary alicyclic amines) is 1. The zero-order valence-electron chi connectivity index (χ0n) is 19.8. The number of carbonyl (C=O) groups excluding carboxylic acids is 2. The lowest BCUT2D eigenvalue weighted by molar-refractivity contribution is -0.139. The summed E-state index contributed by atoms with van der Waals surface area (Å²) in [6.45, 7) is 7.02. The normalized spacial score (nSPS) is 20.8. The first-order valence-corrected chi connectivity index (χ1v) is 11.7. The number of morpholine rings is 1. The molecule has 2 saturated heterocycles. The highest BCUT2D eigenvalue weighted by Crippen LogP contribution is 2.36. The molecule has 3 heterocycles. The van der Waals surface area contributed by atoms with Crippen molar-refractivity contribution < 1.29 is 23.5 Å². The summed E-state index contributed by atoms with van der Waals surface area (Å²) in [5.41, 5.74) is 0.554. The second kappa shape index (κ2) is 10.5. The molecule has 0 N–H and O–H groups in total. The van der Waals surface area contributed by atoms with Crippen LogP contribution in [-0.2, 0) is 9.53 Å². The third kappa shape index (κ3) is 5.70. The van der Waals surface area contributed by atoms with E-state index in [1.807, 2.05) is 4.90 Å². The number of carbonyl (C=O) groups is 2. The molecule has 2 aromatic rings. The molecule has 0 saturated carbocycles. The summed E-state index contributed by atoms with van der Waals surface area (Å²) in [5, 5.41) is 0. The Bertz CT molecular complexity index is 1030. The van der Waals surface area contributed by atoms with Gasteiger partial charge in [0.05, 0.1) is 31.1 Å². The quantitative estimate of drug-likeness (QED) is 0.646. The highest BCUT2D eigenvalue weighted by molar-refractivity contribution is 5.95. The Balaban J connectivity index is 1.54. The molecule has 34 heavy (non-hydrogen) atoms. The van der Waals surface area contributed by atoms with Gasteiger partial charge < -0.3 is 19.3 Å². The van der Waals surface area contributed by atoms with Crippen LogP contribution in [0.5, 0.6) is 5.75 Å². The number of benzene rings is 1. The van der Waals surface area contributed by atoms with E-state index < -0.39 is 5.41 Å². The second-order valence-electron chi connectivity index (χ2n) is 9.16. The summed E-state index contributed by atoms with van der Waals surface area (Å²) in [4.78, 5) is 38.7. The van der Waals surface area contributed by atoms with E-state index >= 15 is 0 Å². The van der Waals surface area contributed by atoms with Gasteiger partial charge in [0.15, 0.2) is 0 Å². The molecule has 4 rings (SSSR count). The van der Waals surface area contributed by atoms with Crippen molar-refractivity contribution in [2.75, 3.05) is 46.0 Å². The Labute approximate surface area is 199 Å². The molecule has 9 heteroatoms. The molecule has 0 spiro atoms. The van der Waals surface area contributed by atoms with Gasteiger partial charge in [-0.3, -0.25) is 9.59 Å². The van der Waals surface area contributed by atoms with Crippen LogP contribution in [0.1, 0.15) is 41.1 Å². The molecule has 0 bridgehead atoms. The Hall–Kier alpha value is -3.07. The van der Waals surface area contributed by atoms with Gasteiger partial charge in [0, 0.05) is 44.2 Å². The monoisotopic (exact) mass is 470 g/mol. The number of nitrogens with zero attached hydrogens (tertiary/aromatic N) is 4. The van der Waals surface area contributed by atoms with Gasteiger partial charge in [0.25, 0.3) is 5.91 Å². The summed E-state index contributed by atoms with van der Waals surface area (Å²) in [5.74, 6) is 0.712. The van der Waals surface area contributed by atoms with Gasteiger partial charge in [0.2, 0.25) is 5.91 Å². The number of aryl methyl sites for hydroxylation is 2. The number of halogens is 1. The molecule has 1 unspecified atom stereocenters. The molecule has 0 aliphatic carbocycles. The molecule has 8 nitrogen and oxygen atoms in total. The van der Waals surface area contributed by atoms with Crippen LogP contribution in [0, 0.1) is 25.1 Å². The van der Waals surface area contributed by atoms with Gasteiger partial charge in [0.1, 0.15) is 17.4 Å². The van der Waals surface area contributed by atoms with Crippen molar-refractivity contribution in [1.29, 1.82) is 0 Å². The fourth-order valence-electron chi connectivity index (χ4n) is 4.67. The van der Waals surface area contributed by atoms with Gasteiger partial charge >= 0.3 is 0 Å². The average molecular weight is 471 g/mol. The summed E-state index contributed by atoms with van der Waals surface area (Å²) in [6, 6.07) is 5.84. The molecule has 1 aromatic heterocycles. The minimum absolute atomic E-state index is 0.0372. The maximum absolute atomic E-state index is 13.4. The zero-order valence-corrected chi connectivity index (χ0v) is 19.8. The first kappa shape index (κ1) is 24.1. The van der Waals surface area contributed by atoms with Crippen molar-refractivity contribution in [2.45, 2.75) is 33.1 Å². The maximum Gasteiger partial charge on any atom is 0.257 e. The van der Waals surface area contributed by atoms with Crippen molar-refractivity contribution >= 4 is 11.8 Å². The average Bonchev–Trinajstić information content (AvgIpc) is 2.84. The van der Waals surface area contributed by atoms with E-state index in [4.69, 9.17) is 9.47 Å². The summed E-state index contributed by atoms with van der Waals surface area (Å²) in [7, 11) is 0. The minimum Gasteiger partial charge on any atom is -0.493 e. The topological polar surface area (TPSA) is 84.9 Å². The Morgan fingerprint density at radius 3 is 2.56 bits per heavy atom. The van der Waals surface area contributed by atoms with Gasteiger partial charge in [-0.1, -0.05) is 0 Å². The number of hydrogen-bond donors (Lipinski definition) is 0. The lowest BCUT2D eigenvalue weighted by Gasteiger charge is -2.43. The van der Waals surface area contributed by atoms with Gasteiger partial charge in [-0.05, 0) is 51.0 Å². The molecule has 182 valence electrons. The Morgan fingerprint density at radius 2 is 1.85 bits per heavy atom. The van der Waals surface area contributed by atoms with E-state index in [2.05, 4.69) is 9.97 Å². The fourth-order valence-corrected chi connectivity index (χ4v) is 4.67. The summed E-state index contributed by atoms with van der Waals surface area (Å²) in [6.07, 6.45) is 3.34. The second-order valence-corrected chi connectivity index (χ2v) is 9.16. The van der Waals surface area contributed by atoms with Crippen molar-refractivity contribution in [2.24, 2.45) is 5.41 Å². The van der Waals surface area contributed by atoms with E-state index in [1.54, 1.807) is 37.1 Å². The van der Waals surface area contributed by atoms with Crippen LogP contribution in [-0.4, -0.2) is 77.6 Å². The predicted molar refractivity (Wildman–Crippen MR) is 123 cm³/mol. The lowest BCUT2D eigenvalue weighted by Crippen LogP contribution is -2.52. The van der Waals surface area contributed by atoms with Gasteiger partial charge in [-0.2, -0.15) is 0 Å². The number of hydrogen-bond acceptors (Lipinski definition) is 6. The van der Waals surface area contributed by atoms with Gasteiger partial charge in [-0.15, -0.1) is 0 Å². The van der Waals surface area contributed by atoms with E-state index in [0.29, 0.717) is 62.2 Å². The molecule has 2 aliphatic heterocycles. The van der Waals surface area contributed by atoms with Crippen LogP contribution in [0.25, 0.3) is 0 Å². The molecule has 2 aliphatic rings. The van der Waals surface area contributed by atoms with Crippen molar-refractivity contribution in [3.8, 4) is 5.75 Å². The number of aromatic nitrogens is 2. The standard InChI is InChI=1S/C25H31FN4O4/c1-18-22(15-27-19(2)28-18)24(32)30-9-3-8-25(16-30,14-23(31)29-10-12-33-13-11-29)17-34-21-6-4-20(26)5-7-21/h4-7,15H,3,8-14,16-17H2,1-2H3. The number of ether oxygens (including phenoxy) is 2. The van der Waals surface area contributed by atoms with Crippen molar-refractivity contribution in [3.63, 3.8) is 0 Å². The lowest BCUT2D eigenvalue weighted by atomic mass is 9.77. The van der Waals surface area contributed by atoms with Crippen molar-refractivity contribution in [3.05, 3.63) is 53.4 Å². The Kier molecular flexibility index (Phi) is 7.41. The first-order valence-electron chi connectivity index (χ1n) is 11.7. The van der Waals surface area contributed by atoms with Gasteiger partial charge in [-0.25, -0.2) is 14.4 Å². The van der Waals surface area contributed by atoms with Crippen LogP contribution in [0.3, 0.4) is 0 Å². The highest BCUT2D eigenvalue weighted by Gasteiger charge is 2.41. The van der Waals surface area contributed by atoms with Crippen LogP contribution in [0.2, 0.25) is 0 Å². The van der Waals surface area contributed by atoms with E-state index in [-0.39, 0.29) is 30.7 Å².